The zero-order valence-corrected chi connectivity index (χ0v) is 11.7. The molecule has 0 bridgehead atoms. The van der Waals surface area contributed by atoms with E-state index in [1.165, 1.54) is 0 Å². The molecule has 0 aliphatic carbocycles. The standard InChI is InChI=1S/C14H23N3O2/c1-3-17(4-2)9-10-19-14(18)16-13-7-5-12(11-15)6-8-13/h5-8H,3-4,9-11,15H2,1-2H3,(H,16,18). The van der Waals surface area contributed by atoms with Gasteiger partial charge in [-0.1, -0.05) is 26.0 Å². The number of amides is 1. The first-order chi connectivity index (χ1) is 9.19. The third-order valence-corrected chi connectivity index (χ3v) is 2.97. The molecular weight excluding hydrogens is 242 g/mol. The Balaban J connectivity index is 2.30. The van der Waals surface area contributed by atoms with Crippen LogP contribution in [-0.4, -0.2) is 37.2 Å². The fraction of sp³-hybridized carbons (Fsp3) is 0.500. The molecule has 5 nitrogen and oxygen atoms in total. The van der Waals surface area contributed by atoms with Crippen LogP contribution in [0.2, 0.25) is 0 Å². The molecule has 5 heteroatoms. The maximum absolute atomic E-state index is 11.5. The molecule has 0 saturated carbocycles. The average Bonchev–Trinajstić information content (AvgIpc) is 2.44. The van der Waals surface area contributed by atoms with Crippen LogP contribution in [0.4, 0.5) is 10.5 Å². The van der Waals surface area contributed by atoms with Crippen LogP contribution in [0.5, 0.6) is 0 Å². The van der Waals surface area contributed by atoms with Crippen molar-refractivity contribution in [1.29, 1.82) is 0 Å². The summed E-state index contributed by atoms with van der Waals surface area (Å²) in [5, 5.41) is 2.68. The molecule has 0 aromatic heterocycles. The molecule has 0 fully saturated rings. The van der Waals surface area contributed by atoms with E-state index in [2.05, 4.69) is 24.1 Å². The molecule has 1 amide bonds. The second-order valence-corrected chi connectivity index (χ2v) is 4.19. The van der Waals surface area contributed by atoms with Crippen molar-refractivity contribution in [3.05, 3.63) is 29.8 Å². The first kappa shape index (κ1) is 15.5. The van der Waals surface area contributed by atoms with Gasteiger partial charge in [0.1, 0.15) is 6.61 Å². The Bertz CT molecular complexity index is 375. The number of benzene rings is 1. The molecule has 1 aromatic rings. The normalized spacial score (nSPS) is 10.5. The summed E-state index contributed by atoms with van der Waals surface area (Å²) in [4.78, 5) is 13.7. The van der Waals surface area contributed by atoms with E-state index >= 15 is 0 Å². The van der Waals surface area contributed by atoms with Gasteiger partial charge in [0.05, 0.1) is 0 Å². The van der Waals surface area contributed by atoms with Crippen LogP contribution in [0.1, 0.15) is 19.4 Å². The van der Waals surface area contributed by atoms with E-state index in [0.717, 1.165) is 25.2 Å². The van der Waals surface area contributed by atoms with Crippen LogP contribution in [0.25, 0.3) is 0 Å². The van der Waals surface area contributed by atoms with E-state index in [-0.39, 0.29) is 0 Å². The lowest BCUT2D eigenvalue weighted by Gasteiger charge is -2.17. The number of rotatable bonds is 7. The minimum absolute atomic E-state index is 0.397. The number of nitrogens with one attached hydrogen (secondary N) is 1. The van der Waals surface area contributed by atoms with Gasteiger partial charge in [0.25, 0.3) is 0 Å². The number of ether oxygens (including phenoxy) is 1. The number of carbonyl (C=O) groups is 1. The zero-order chi connectivity index (χ0) is 14.1. The number of nitrogens with two attached hydrogens (primary N) is 1. The van der Waals surface area contributed by atoms with Crippen LogP contribution in [-0.2, 0) is 11.3 Å². The number of hydrogen-bond donors (Lipinski definition) is 2. The topological polar surface area (TPSA) is 67.6 Å². The molecule has 0 aliphatic rings. The summed E-state index contributed by atoms with van der Waals surface area (Å²) in [5.41, 5.74) is 7.25. The lowest BCUT2D eigenvalue weighted by Crippen LogP contribution is -2.28. The van der Waals surface area contributed by atoms with Crippen LogP contribution >= 0.6 is 0 Å². The van der Waals surface area contributed by atoms with Gasteiger partial charge in [0, 0.05) is 18.8 Å². The fourth-order valence-corrected chi connectivity index (χ4v) is 1.69. The number of nitrogens with zero attached hydrogens (tertiary/aromatic N) is 1. The number of hydrogen-bond acceptors (Lipinski definition) is 4. The van der Waals surface area contributed by atoms with Gasteiger partial charge in [-0.3, -0.25) is 5.32 Å². The summed E-state index contributed by atoms with van der Waals surface area (Å²) < 4.78 is 5.12. The number of anilines is 1. The molecule has 0 spiro atoms. The maximum atomic E-state index is 11.5. The van der Waals surface area contributed by atoms with Gasteiger partial charge in [0.2, 0.25) is 0 Å². The van der Waals surface area contributed by atoms with Gasteiger partial charge in [-0.2, -0.15) is 0 Å². The molecule has 0 saturated heterocycles. The fourth-order valence-electron chi connectivity index (χ4n) is 1.69. The summed E-state index contributed by atoms with van der Waals surface area (Å²) in [5.74, 6) is 0. The highest BCUT2D eigenvalue weighted by Gasteiger charge is 2.04. The molecule has 1 rings (SSSR count). The second-order valence-electron chi connectivity index (χ2n) is 4.19. The predicted octanol–water partition coefficient (Wildman–Crippen LogP) is 2.04. The van der Waals surface area contributed by atoms with Gasteiger partial charge in [-0.25, -0.2) is 4.79 Å². The lowest BCUT2D eigenvalue weighted by atomic mass is 10.2. The molecule has 0 heterocycles. The van der Waals surface area contributed by atoms with Gasteiger partial charge in [-0.05, 0) is 30.8 Å². The minimum atomic E-state index is -0.423. The third-order valence-electron chi connectivity index (χ3n) is 2.97. The van der Waals surface area contributed by atoms with Crippen molar-refractivity contribution in [1.82, 2.24) is 4.90 Å². The molecule has 0 unspecified atom stereocenters. The molecular formula is C14H23N3O2. The van der Waals surface area contributed by atoms with Crippen LogP contribution in [0.3, 0.4) is 0 Å². The smallest absolute Gasteiger partial charge is 0.411 e. The number of likely N-dealkylation sites (N-methyl/N-ethyl adjacent to an activating group) is 1. The Kier molecular flexibility index (Phi) is 6.92. The summed E-state index contributed by atoms with van der Waals surface area (Å²) in [7, 11) is 0. The van der Waals surface area contributed by atoms with E-state index in [4.69, 9.17) is 10.5 Å². The first-order valence-electron chi connectivity index (χ1n) is 6.64. The monoisotopic (exact) mass is 265 g/mol. The van der Waals surface area contributed by atoms with E-state index in [1.54, 1.807) is 0 Å². The molecule has 3 N–H and O–H groups in total. The Labute approximate surface area is 114 Å². The van der Waals surface area contributed by atoms with Gasteiger partial charge >= 0.3 is 6.09 Å². The second kappa shape index (κ2) is 8.50. The van der Waals surface area contributed by atoms with Crippen molar-refractivity contribution in [2.45, 2.75) is 20.4 Å². The summed E-state index contributed by atoms with van der Waals surface area (Å²) in [6.07, 6.45) is -0.423. The Morgan fingerprint density at radius 1 is 1.26 bits per heavy atom. The quantitative estimate of drug-likeness (QED) is 0.791. The van der Waals surface area contributed by atoms with Crippen LogP contribution in [0.15, 0.2) is 24.3 Å². The Hall–Kier alpha value is -1.59. The average molecular weight is 265 g/mol. The zero-order valence-electron chi connectivity index (χ0n) is 11.7. The SMILES string of the molecule is CCN(CC)CCOC(=O)Nc1ccc(CN)cc1. The lowest BCUT2D eigenvalue weighted by molar-refractivity contribution is 0.142. The van der Waals surface area contributed by atoms with Crippen molar-refractivity contribution >= 4 is 11.8 Å². The third kappa shape index (κ3) is 5.72. The van der Waals surface area contributed by atoms with Gasteiger partial charge < -0.3 is 15.4 Å². The summed E-state index contributed by atoms with van der Waals surface area (Å²) in [6.45, 7) is 7.74. The van der Waals surface area contributed by atoms with Crippen LogP contribution < -0.4 is 11.1 Å². The van der Waals surface area contributed by atoms with Crippen molar-refractivity contribution in [3.8, 4) is 0 Å². The molecule has 0 radical (unpaired) electrons. The summed E-state index contributed by atoms with van der Waals surface area (Å²) in [6, 6.07) is 7.39. The minimum Gasteiger partial charge on any atom is -0.448 e. The number of carbonyl (C=O) groups excluding carboxylic acids is 1. The Morgan fingerprint density at radius 2 is 1.89 bits per heavy atom. The van der Waals surface area contributed by atoms with Crippen molar-refractivity contribution < 1.29 is 9.53 Å². The largest absolute Gasteiger partial charge is 0.448 e. The van der Waals surface area contributed by atoms with E-state index in [0.29, 0.717) is 18.8 Å². The Morgan fingerprint density at radius 3 is 2.42 bits per heavy atom. The van der Waals surface area contributed by atoms with Gasteiger partial charge in [-0.15, -0.1) is 0 Å². The maximum Gasteiger partial charge on any atom is 0.411 e. The first-order valence-corrected chi connectivity index (χ1v) is 6.64. The molecule has 0 aliphatic heterocycles. The van der Waals surface area contributed by atoms with Crippen LogP contribution in [0, 0.1) is 0 Å². The highest BCUT2D eigenvalue weighted by atomic mass is 16.5. The van der Waals surface area contributed by atoms with Gasteiger partial charge in [0.15, 0.2) is 0 Å². The molecule has 0 atom stereocenters. The van der Waals surface area contributed by atoms with E-state index in [1.807, 2.05) is 24.3 Å². The van der Waals surface area contributed by atoms with Crippen molar-refractivity contribution in [2.75, 3.05) is 31.6 Å². The van der Waals surface area contributed by atoms with E-state index < -0.39 is 6.09 Å². The summed E-state index contributed by atoms with van der Waals surface area (Å²) >= 11 is 0. The van der Waals surface area contributed by atoms with Crippen molar-refractivity contribution in [2.24, 2.45) is 5.73 Å². The molecule has 1 aromatic carbocycles. The van der Waals surface area contributed by atoms with E-state index in [9.17, 15) is 4.79 Å². The molecule has 106 valence electrons. The highest BCUT2D eigenvalue weighted by Crippen LogP contribution is 2.09. The van der Waals surface area contributed by atoms with Crippen molar-refractivity contribution in [3.63, 3.8) is 0 Å². The molecule has 19 heavy (non-hydrogen) atoms. The predicted molar refractivity (Wildman–Crippen MR) is 77.1 cm³/mol. The highest BCUT2D eigenvalue weighted by molar-refractivity contribution is 5.84.